The first-order chi connectivity index (χ1) is 9.78. The van der Waals surface area contributed by atoms with Gasteiger partial charge in [0.1, 0.15) is 5.82 Å². The van der Waals surface area contributed by atoms with Gasteiger partial charge < -0.3 is 9.72 Å². The van der Waals surface area contributed by atoms with Gasteiger partial charge in [-0.3, -0.25) is 4.79 Å². The topological polar surface area (TPSA) is 55.0 Å². The SMILES string of the molecule is CCOC(=O)CCCc1cccc(Cc2ncc[nH]2)c1. The van der Waals surface area contributed by atoms with Crippen LogP contribution in [0.15, 0.2) is 36.7 Å². The summed E-state index contributed by atoms with van der Waals surface area (Å²) in [4.78, 5) is 18.6. The van der Waals surface area contributed by atoms with Gasteiger partial charge in [0.25, 0.3) is 0 Å². The summed E-state index contributed by atoms with van der Waals surface area (Å²) in [5, 5.41) is 0. The van der Waals surface area contributed by atoms with Gasteiger partial charge in [-0.05, 0) is 30.9 Å². The zero-order valence-corrected chi connectivity index (χ0v) is 11.8. The number of aromatic nitrogens is 2. The lowest BCUT2D eigenvalue weighted by Gasteiger charge is -2.05. The molecule has 0 aliphatic carbocycles. The summed E-state index contributed by atoms with van der Waals surface area (Å²) in [6, 6.07) is 8.42. The first-order valence-electron chi connectivity index (χ1n) is 6.99. The third kappa shape index (κ3) is 4.53. The average molecular weight is 272 g/mol. The second-order valence-electron chi connectivity index (χ2n) is 4.69. The van der Waals surface area contributed by atoms with Crippen molar-refractivity contribution in [3.05, 3.63) is 53.6 Å². The molecule has 0 radical (unpaired) electrons. The lowest BCUT2D eigenvalue weighted by Crippen LogP contribution is -2.04. The minimum atomic E-state index is -0.112. The zero-order valence-electron chi connectivity index (χ0n) is 11.8. The van der Waals surface area contributed by atoms with Crippen molar-refractivity contribution in [3.8, 4) is 0 Å². The molecule has 1 heterocycles. The molecule has 0 spiro atoms. The number of hydrogen-bond donors (Lipinski definition) is 1. The van der Waals surface area contributed by atoms with E-state index in [1.165, 1.54) is 11.1 Å². The predicted molar refractivity (Wildman–Crippen MR) is 77.4 cm³/mol. The lowest BCUT2D eigenvalue weighted by atomic mass is 10.0. The summed E-state index contributed by atoms with van der Waals surface area (Å²) in [6.45, 7) is 2.29. The number of carbonyl (C=O) groups excluding carboxylic acids is 1. The first kappa shape index (κ1) is 14.3. The molecule has 0 saturated carbocycles. The van der Waals surface area contributed by atoms with E-state index in [0.717, 1.165) is 25.1 Å². The molecule has 4 heteroatoms. The largest absolute Gasteiger partial charge is 0.466 e. The van der Waals surface area contributed by atoms with E-state index >= 15 is 0 Å². The molecule has 0 atom stereocenters. The van der Waals surface area contributed by atoms with Gasteiger partial charge in [-0.2, -0.15) is 0 Å². The van der Waals surface area contributed by atoms with E-state index in [1.54, 1.807) is 6.20 Å². The highest BCUT2D eigenvalue weighted by atomic mass is 16.5. The highest BCUT2D eigenvalue weighted by Gasteiger charge is 2.03. The van der Waals surface area contributed by atoms with Gasteiger partial charge in [-0.25, -0.2) is 4.98 Å². The van der Waals surface area contributed by atoms with Crippen LogP contribution in [-0.2, 0) is 22.4 Å². The summed E-state index contributed by atoms with van der Waals surface area (Å²) < 4.78 is 4.92. The third-order valence-electron chi connectivity index (χ3n) is 3.07. The van der Waals surface area contributed by atoms with E-state index in [1.807, 2.05) is 13.1 Å². The third-order valence-corrected chi connectivity index (χ3v) is 3.07. The molecule has 0 fully saturated rings. The van der Waals surface area contributed by atoms with E-state index in [0.29, 0.717) is 13.0 Å². The van der Waals surface area contributed by atoms with Crippen molar-refractivity contribution < 1.29 is 9.53 Å². The van der Waals surface area contributed by atoms with Gasteiger partial charge in [0.05, 0.1) is 6.61 Å². The summed E-state index contributed by atoms with van der Waals surface area (Å²) in [6.07, 6.45) is 6.60. The Labute approximate surface area is 119 Å². The molecule has 0 aliphatic heterocycles. The maximum Gasteiger partial charge on any atom is 0.305 e. The first-order valence-corrected chi connectivity index (χ1v) is 6.99. The van der Waals surface area contributed by atoms with Crippen molar-refractivity contribution in [2.24, 2.45) is 0 Å². The van der Waals surface area contributed by atoms with Crippen LogP contribution >= 0.6 is 0 Å². The highest BCUT2D eigenvalue weighted by Crippen LogP contribution is 2.11. The Bertz CT molecular complexity index is 535. The molecule has 2 aromatic rings. The fourth-order valence-electron chi connectivity index (χ4n) is 2.15. The van der Waals surface area contributed by atoms with Gasteiger partial charge in [0.2, 0.25) is 0 Å². The van der Waals surface area contributed by atoms with E-state index in [-0.39, 0.29) is 5.97 Å². The lowest BCUT2D eigenvalue weighted by molar-refractivity contribution is -0.143. The quantitative estimate of drug-likeness (QED) is 0.788. The van der Waals surface area contributed by atoms with Gasteiger partial charge >= 0.3 is 5.97 Å². The van der Waals surface area contributed by atoms with Crippen LogP contribution in [0.4, 0.5) is 0 Å². The van der Waals surface area contributed by atoms with Crippen LogP contribution in [-0.4, -0.2) is 22.5 Å². The van der Waals surface area contributed by atoms with Gasteiger partial charge in [0.15, 0.2) is 0 Å². The summed E-state index contributed by atoms with van der Waals surface area (Å²) >= 11 is 0. The Hall–Kier alpha value is -2.10. The number of benzene rings is 1. The number of imidazole rings is 1. The molecule has 4 nitrogen and oxygen atoms in total. The van der Waals surface area contributed by atoms with Crippen molar-refractivity contribution in [3.63, 3.8) is 0 Å². The van der Waals surface area contributed by atoms with Crippen LogP contribution in [0.1, 0.15) is 36.7 Å². The number of rotatable bonds is 7. The maximum atomic E-state index is 11.3. The molecule has 1 aromatic carbocycles. The summed E-state index contributed by atoms with van der Waals surface area (Å²) in [5.41, 5.74) is 2.48. The molecule has 106 valence electrons. The normalized spacial score (nSPS) is 10.4. The van der Waals surface area contributed by atoms with Gasteiger partial charge in [-0.1, -0.05) is 24.3 Å². The van der Waals surface area contributed by atoms with Crippen LogP contribution in [0.3, 0.4) is 0 Å². The van der Waals surface area contributed by atoms with Crippen LogP contribution in [0.2, 0.25) is 0 Å². The maximum absolute atomic E-state index is 11.3. The smallest absolute Gasteiger partial charge is 0.305 e. The monoisotopic (exact) mass is 272 g/mol. The fourth-order valence-corrected chi connectivity index (χ4v) is 2.15. The number of aromatic amines is 1. The Morgan fingerprint density at radius 1 is 1.35 bits per heavy atom. The van der Waals surface area contributed by atoms with Crippen LogP contribution in [0.25, 0.3) is 0 Å². The standard InChI is InChI=1S/C16H20N2O2/c1-2-20-16(19)8-4-6-13-5-3-7-14(11-13)12-15-17-9-10-18-15/h3,5,7,9-11H,2,4,6,8,12H2,1H3,(H,17,18). The number of H-pyrrole nitrogens is 1. The van der Waals surface area contributed by atoms with Crippen LogP contribution in [0, 0.1) is 0 Å². The second kappa shape index (κ2) is 7.48. The minimum absolute atomic E-state index is 0.112. The van der Waals surface area contributed by atoms with E-state index in [4.69, 9.17) is 4.74 Å². The average Bonchev–Trinajstić information content (AvgIpc) is 2.92. The number of nitrogens with zero attached hydrogens (tertiary/aromatic N) is 1. The van der Waals surface area contributed by atoms with E-state index < -0.39 is 0 Å². The molecule has 0 unspecified atom stereocenters. The molecule has 1 aromatic heterocycles. The van der Waals surface area contributed by atoms with Gasteiger partial charge in [0, 0.05) is 25.2 Å². The van der Waals surface area contributed by atoms with Crippen molar-refractivity contribution in [2.45, 2.75) is 32.6 Å². The highest BCUT2D eigenvalue weighted by molar-refractivity contribution is 5.69. The molecular weight excluding hydrogens is 252 g/mol. The molecule has 0 saturated heterocycles. The molecule has 0 amide bonds. The van der Waals surface area contributed by atoms with E-state index in [2.05, 4.69) is 34.2 Å². The fraction of sp³-hybridized carbons (Fsp3) is 0.375. The molecule has 2 rings (SSSR count). The predicted octanol–water partition coefficient (Wildman–Crippen LogP) is 2.89. The van der Waals surface area contributed by atoms with Crippen LogP contribution in [0.5, 0.6) is 0 Å². The molecule has 20 heavy (non-hydrogen) atoms. The minimum Gasteiger partial charge on any atom is -0.466 e. The molecule has 0 aliphatic rings. The van der Waals surface area contributed by atoms with Gasteiger partial charge in [-0.15, -0.1) is 0 Å². The Balaban J connectivity index is 1.85. The van der Waals surface area contributed by atoms with Crippen molar-refractivity contribution in [2.75, 3.05) is 6.61 Å². The number of nitrogens with one attached hydrogen (secondary N) is 1. The van der Waals surface area contributed by atoms with Crippen molar-refractivity contribution in [1.29, 1.82) is 0 Å². The Morgan fingerprint density at radius 3 is 2.95 bits per heavy atom. The summed E-state index contributed by atoms with van der Waals surface area (Å²) in [5.74, 6) is 0.855. The molecule has 0 bridgehead atoms. The summed E-state index contributed by atoms with van der Waals surface area (Å²) in [7, 11) is 0. The number of carbonyl (C=O) groups is 1. The number of aryl methyl sites for hydroxylation is 1. The number of ether oxygens (including phenoxy) is 1. The van der Waals surface area contributed by atoms with Crippen molar-refractivity contribution in [1.82, 2.24) is 9.97 Å². The van der Waals surface area contributed by atoms with Crippen molar-refractivity contribution >= 4 is 5.97 Å². The van der Waals surface area contributed by atoms with E-state index in [9.17, 15) is 4.79 Å². The zero-order chi connectivity index (χ0) is 14.2. The number of esters is 1. The molecule has 1 N–H and O–H groups in total. The molecular formula is C16H20N2O2. The second-order valence-corrected chi connectivity index (χ2v) is 4.69. The Morgan fingerprint density at radius 2 is 2.20 bits per heavy atom. The Kier molecular flexibility index (Phi) is 5.35. The van der Waals surface area contributed by atoms with Crippen LogP contribution < -0.4 is 0 Å². The number of hydrogen-bond acceptors (Lipinski definition) is 3.